The summed E-state index contributed by atoms with van der Waals surface area (Å²) in [4.78, 5) is 20.9. The van der Waals surface area contributed by atoms with Crippen molar-refractivity contribution in [3.05, 3.63) is 0 Å². The monoisotopic (exact) mass is 168 g/mol. The highest BCUT2D eigenvalue weighted by Crippen LogP contribution is 2.37. The minimum Gasteiger partial charge on any atom is -0.295 e. The van der Waals surface area contributed by atoms with Gasteiger partial charge in [-0.2, -0.15) is 0 Å². The third-order valence-electron chi connectivity index (χ3n) is 2.56. The molecule has 1 aliphatic rings. The van der Waals surface area contributed by atoms with Gasteiger partial charge in [0.05, 0.1) is 0 Å². The van der Waals surface area contributed by atoms with Crippen LogP contribution in [0.15, 0.2) is 0 Å². The fraction of sp³-hybridized carbons (Fsp3) is 0.800. The van der Waals surface area contributed by atoms with Gasteiger partial charge in [0.15, 0.2) is 12.1 Å². The fourth-order valence-electron chi connectivity index (χ4n) is 1.55. The SMILES string of the molecule is CCC(CC(=O)C=O)CC1CC1. The Kier molecular flexibility index (Phi) is 3.45. The molecule has 0 aliphatic heterocycles. The summed E-state index contributed by atoms with van der Waals surface area (Å²) in [6.45, 7) is 2.09. The first-order valence-electron chi connectivity index (χ1n) is 4.74. The largest absolute Gasteiger partial charge is 0.295 e. The van der Waals surface area contributed by atoms with E-state index in [1.165, 1.54) is 12.8 Å². The van der Waals surface area contributed by atoms with Gasteiger partial charge in [-0.25, -0.2) is 0 Å². The van der Waals surface area contributed by atoms with Crippen LogP contribution in [-0.2, 0) is 9.59 Å². The van der Waals surface area contributed by atoms with Crippen molar-refractivity contribution >= 4 is 12.1 Å². The van der Waals surface area contributed by atoms with Gasteiger partial charge in [-0.1, -0.05) is 26.2 Å². The van der Waals surface area contributed by atoms with E-state index in [0.717, 1.165) is 18.8 Å². The number of carbonyl (C=O) groups is 2. The highest BCUT2D eigenvalue weighted by Gasteiger charge is 2.25. The molecule has 0 spiro atoms. The summed E-state index contributed by atoms with van der Waals surface area (Å²) in [5.41, 5.74) is 0. The van der Waals surface area contributed by atoms with E-state index in [4.69, 9.17) is 0 Å². The summed E-state index contributed by atoms with van der Waals surface area (Å²) >= 11 is 0. The van der Waals surface area contributed by atoms with Gasteiger partial charge in [-0.05, 0) is 18.3 Å². The Labute approximate surface area is 73.3 Å². The fourth-order valence-corrected chi connectivity index (χ4v) is 1.55. The predicted octanol–water partition coefficient (Wildman–Crippen LogP) is 1.97. The Hall–Kier alpha value is -0.660. The van der Waals surface area contributed by atoms with Gasteiger partial charge < -0.3 is 0 Å². The van der Waals surface area contributed by atoms with Crippen molar-refractivity contribution in [3.8, 4) is 0 Å². The molecular weight excluding hydrogens is 152 g/mol. The van der Waals surface area contributed by atoms with Gasteiger partial charge in [0, 0.05) is 6.42 Å². The summed E-state index contributed by atoms with van der Waals surface area (Å²) < 4.78 is 0. The Morgan fingerprint density at radius 3 is 2.67 bits per heavy atom. The number of hydrogen-bond donors (Lipinski definition) is 0. The van der Waals surface area contributed by atoms with Crippen LogP contribution in [0, 0.1) is 11.8 Å². The van der Waals surface area contributed by atoms with Gasteiger partial charge in [0.25, 0.3) is 0 Å². The van der Waals surface area contributed by atoms with E-state index < -0.39 is 0 Å². The van der Waals surface area contributed by atoms with E-state index >= 15 is 0 Å². The minimum absolute atomic E-state index is 0.234. The maximum Gasteiger partial charge on any atom is 0.195 e. The van der Waals surface area contributed by atoms with Crippen molar-refractivity contribution in [3.63, 3.8) is 0 Å². The molecule has 0 heterocycles. The second-order valence-electron chi connectivity index (χ2n) is 3.74. The molecule has 2 nitrogen and oxygen atoms in total. The third-order valence-corrected chi connectivity index (χ3v) is 2.56. The number of hydrogen-bond acceptors (Lipinski definition) is 2. The van der Waals surface area contributed by atoms with E-state index in [1.54, 1.807) is 0 Å². The first-order valence-corrected chi connectivity index (χ1v) is 4.74. The predicted molar refractivity (Wildman–Crippen MR) is 46.8 cm³/mol. The first-order chi connectivity index (χ1) is 5.76. The highest BCUT2D eigenvalue weighted by molar-refractivity contribution is 6.24. The summed E-state index contributed by atoms with van der Waals surface area (Å²) in [6, 6.07) is 0. The standard InChI is InChI=1S/C10H16O2/c1-2-8(5-9-3-4-9)6-10(12)7-11/h7-9H,2-6H2,1H3. The van der Waals surface area contributed by atoms with Crippen LogP contribution in [0.4, 0.5) is 0 Å². The first kappa shape index (κ1) is 9.43. The molecule has 0 N–H and O–H groups in total. The molecular formula is C10H16O2. The minimum atomic E-state index is -0.234. The zero-order valence-electron chi connectivity index (χ0n) is 7.58. The molecule has 68 valence electrons. The molecule has 0 aromatic rings. The molecule has 1 fully saturated rings. The maximum atomic E-state index is 10.8. The van der Waals surface area contributed by atoms with Crippen LogP contribution in [0.3, 0.4) is 0 Å². The Bertz CT molecular complexity index is 171. The second kappa shape index (κ2) is 4.39. The van der Waals surface area contributed by atoms with Crippen LogP contribution >= 0.6 is 0 Å². The van der Waals surface area contributed by atoms with E-state index in [1.807, 2.05) is 0 Å². The molecule has 1 atom stereocenters. The van der Waals surface area contributed by atoms with Crippen LogP contribution in [-0.4, -0.2) is 12.1 Å². The molecule has 0 aromatic heterocycles. The lowest BCUT2D eigenvalue weighted by Gasteiger charge is -2.10. The zero-order valence-corrected chi connectivity index (χ0v) is 7.58. The zero-order chi connectivity index (χ0) is 8.97. The molecule has 0 amide bonds. The molecule has 0 bridgehead atoms. The van der Waals surface area contributed by atoms with E-state index in [-0.39, 0.29) is 5.78 Å². The normalized spacial score (nSPS) is 18.8. The van der Waals surface area contributed by atoms with Crippen LogP contribution in [0.2, 0.25) is 0 Å². The molecule has 1 saturated carbocycles. The lowest BCUT2D eigenvalue weighted by molar-refractivity contribution is -0.130. The van der Waals surface area contributed by atoms with E-state index in [0.29, 0.717) is 18.6 Å². The van der Waals surface area contributed by atoms with Gasteiger partial charge in [-0.3, -0.25) is 9.59 Å². The Morgan fingerprint density at radius 2 is 2.25 bits per heavy atom. The lowest BCUT2D eigenvalue weighted by Crippen LogP contribution is -2.09. The molecule has 1 aliphatic carbocycles. The maximum absolute atomic E-state index is 10.8. The quantitative estimate of drug-likeness (QED) is 0.449. The molecule has 0 saturated heterocycles. The summed E-state index contributed by atoms with van der Waals surface area (Å²) in [5.74, 6) is 1.08. The van der Waals surface area contributed by atoms with Crippen molar-refractivity contribution in [2.24, 2.45) is 11.8 Å². The summed E-state index contributed by atoms with van der Waals surface area (Å²) in [6.07, 6.45) is 5.75. The van der Waals surface area contributed by atoms with Gasteiger partial charge in [0.2, 0.25) is 0 Å². The second-order valence-corrected chi connectivity index (χ2v) is 3.74. The van der Waals surface area contributed by atoms with Crippen LogP contribution < -0.4 is 0 Å². The molecule has 1 rings (SSSR count). The van der Waals surface area contributed by atoms with Crippen LogP contribution in [0.25, 0.3) is 0 Å². The number of carbonyl (C=O) groups excluding carboxylic acids is 2. The number of aldehydes is 1. The molecule has 0 aromatic carbocycles. The average Bonchev–Trinajstić information content (AvgIpc) is 2.86. The van der Waals surface area contributed by atoms with Crippen LogP contribution in [0.1, 0.15) is 39.0 Å². The van der Waals surface area contributed by atoms with E-state index in [9.17, 15) is 9.59 Å². The van der Waals surface area contributed by atoms with E-state index in [2.05, 4.69) is 6.92 Å². The number of ketones is 1. The van der Waals surface area contributed by atoms with Crippen molar-refractivity contribution in [2.75, 3.05) is 0 Å². The average molecular weight is 168 g/mol. The van der Waals surface area contributed by atoms with Crippen molar-refractivity contribution in [2.45, 2.75) is 39.0 Å². The van der Waals surface area contributed by atoms with Gasteiger partial charge in [0.1, 0.15) is 0 Å². The third kappa shape index (κ3) is 3.16. The molecule has 12 heavy (non-hydrogen) atoms. The Balaban J connectivity index is 2.23. The number of Topliss-reactive ketones (excluding diaryl/α,β-unsaturated/α-hetero) is 1. The lowest BCUT2D eigenvalue weighted by atomic mass is 9.94. The van der Waals surface area contributed by atoms with Crippen molar-refractivity contribution < 1.29 is 9.59 Å². The Morgan fingerprint density at radius 1 is 1.58 bits per heavy atom. The van der Waals surface area contributed by atoms with Crippen molar-refractivity contribution in [1.82, 2.24) is 0 Å². The number of rotatable bonds is 6. The van der Waals surface area contributed by atoms with Crippen molar-refractivity contribution in [1.29, 1.82) is 0 Å². The highest BCUT2D eigenvalue weighted by atomic mass is 16.2. The summed E-state index contributed by atoms with van der Waals surface area (Å²) in [5, 5.41) is 0. The van der Waals surface area contributed by atoms with Gasteiger partial charge in [-0.15, -0.1) is 0 Å². The topological polar surface area (TPSA) is 34.1 Å². The summed E-state index contributed by atoms with van der Waals surface area (Å²) in [7, 11) is 0. The smallest absolute Gasteiger partial charge is 0.195 e. The molecule has 2 heteroatoms. The van der Waals surface area contributed by atoms with Gasteiger partial charge >= 0.3 is 0 Å². The van der Waals surface area contributed by atoms with Crippen LogP contribution in [0.5, 0.6) is 0 Å². The molecule has 0 radical (unpaired) electrons. The molecule has 1 unspecified atom stereocenters.